The quantitative estimate of drug-likeness (QED) is 0.757. The Labute approximate surface area is 109 Å². The van der Waals surface area contributed by atoms with E-state index >= 15 is 0 Å². The van der Waals surface area contributed by atoms with Crippen LogP contribution in [-0.2, 0) is 0 Å². The molecule has 2 heterocycles. The Hall–Kier alpha value is -0.600. The summed E-state index contributed by atoms with van der Waals surface area (Å²) in [4.78, 5) is 6.98. The minimum atomic E-state index is 0.550. The van der Waals surface area contributed by atoms with Crippen molar-refractivity contribution in [2.24, 2.45) is 0 Å². The maximum absolute atomic E-state index is 5.93. The maximum atomic E-state index is 5.93. The summed E-state index contributed by atoms with van der Waals surface area (Å²) in [6.45, 7) is 6.73. The predicted octanol–water partition coefficient (Wildman–Crippen LogP) is 3.98. The van der Waals surface area contributed by atoms with E-state index in [1.165, 1.54) is 44.3 Å². The summed E-state index contributed by atoms with van der Waals surface area (Å²) in [5, 5.41) is 0.601. The molecule has 2 rings (SSSR count). The van der Waals surface area contributed by atoms with Crippen molar-refractivity contribution in [1.29, 1.82) is 0 Å². The molecule has 0 N–H and O–H groups in total. The average Bonchev–Trinajstić information content (AvgIpc) is 2.31. The largest absolute Gasteiger partial charge is 0.296 e. The SMILES string of the molecule is CCCN1CCCC[C@@H]1c1ccc(Cl)nc1C. The normalized spacial score (nSPS) is 21.7. The monoisotopic (exact) mass is 252 g/mol. The fraction of sp³-hybridized carbons (Fsp3) is 0.643. The lowest BCUT2D eigenvalue weighted by atomic mass is 9.94. The molecule has 3 heteroatoms. The molecule has 1 aliphatic heterocycles. The van der Waals surface area contributed by atoms with Gasteiger partial charge in [0.05, 0.1) is 0 Å². The summed E-state index contributed by atoms with van der Waals surface area (Å²) in [7, 11) is 0. The zero-order valence-electron chi connectivity index (χ0n) is 10.7. The molecule has 0 bridgehead atoms. The van der Waals surface area contributed by atoms with Crippen molar-refractivity contribution in [3.8, 4) is 0 Å². The van der Waals surface area contributed by atoms with Crippen LogP contribution >= 0.6 is 11.6 Å². The van der Waals surface area contributed by atoms with Crippen LogP contribution in [-0.4, -0.2) is 23.0 Å². The van der Waals surface area contributed by atoms with E-state index in [1.54, 1.807) is 0 Å². The summed E-state index contributed by atoms with van der Waals surface area (Å²) in [6.07, 6.45) is 5.13. The molecule has 0 saturated carbocycles. The number of likely N-dealkylation sites (tertiary alicyclic amines) is 1. The van der Waals surface area contributed by atoms with Gasteiger partial charge in [0.2, 0.25) is 0 Å². The summed E-state index contributed by atoms with van der Waals surface area (Å²) in [5.74, 6) is 0. The molecule has 1 aromatic rings. The first-order valence-electron chi connectivity index (χ1n) is 6.59. The van der Waals surface area contributed by atoms with E-state index < -0.39 is 0 Å². The van der Waals surface area contributed by atoms with Crippen LogP contribution in [0, 0.1) is 6.92 Å². The number of hydrogen-bond donors (Lipinski definition) is 0. The smallest absolute Gasteiger partial charge is 0.129 e. The van der Waals surface area contributed by atoms with Gasteiger partial charge in [-0.25, -0.2) is 4.98 Å². The average molecular weight is 253 g/mol. The van der Waals surface area contributed by atoms with Gasteiger partial charge < -0.3 is 0 Å². The predicted molar refractivity (Wildman–Crippen MR) is 72.4 cm³/mol. The van der Waals surface area contributed by atoms with E-state index in [0.717, 1.165) is 5.69 Å². The van der Waals surface area contributed by atoms with Gasteiger partial charge in [-0.3, -0.25) is 4.90 Å². The van der Waals surface area contributed by atoms with Crippen LogP contribution in [0.25, 0.3) is 0 Å². The van der Waals surface area contributed by atoms with E-state index in [-0.39, 0.29) is 0 Å². The second-order valence-corrected chi connectivity index (χ2v) is 5.24. The van der Waals surface area contributed by atoms with Gasteiger partial charge >= 0.3 is 0 Å². The van der Waals surface area contributed by atoms with Gasteiger partial charge in [-0.2, -0.15) is 0 Å². The van der Waals surface area contributed by atoms with Crippen LogP contribution in [0.15, 0.2) is 12.1 Å². The Morgan fingerprint density at radius 3 is 2.94 bits per heavy atom. The van der Waals surface area contributed by atoms with Crippen molar-refractivity contribution < 1.29 is 0 Å². The fourth-order valence-electron chi connectivity index (χ4n) is 2.79. The van der Waals surface area contributed by atoms with Crippen LogP contribution in [0.5, 0.6) is 0 Å². The van der Waals surface area contributed by atoms with Crippen LogP contribution in [0.2, 0.25) is 5.15 Å². The number of nitrogens with zero attached hydrogens (tertiary/aromatic N) is 2. The molecule has 0 spiro atoms. The first kappa shape index (κ1) is 12.8. The Morgan fingerprint density at radius 2 is 2.24 bits per heavy atom. The number of aryl methyl sites for hydroxylation is 1. The number of hydrogen-bond acceptors (Lipinski definition) is 2. The molecule has 0 amide bonds. The Balaban J connectivity index is 2.23. The number of halogens is 1. The van der Waals surface area contributed by atoms with Crippen molar-refractivity contribution in [2.75, 3.05) is 13.1 Å². The Kier molecular flexibility index (Phi) is 4.41. The first-order chi connectivity index (χ1) is 8.22. The Bertz CT molecular complexity index is 376. The lowest BCUT2D eigenvalue weighted by Gasteiger charge is -2.36. The zero-order valence-corrected chi connectivity index (χ0v) is 11.5. The second-order valence-electron chi connectivity index (χ2n) is 4.86. The highest BCUT2D eigenvalue weighted by Crippen LogP contribution is 2.32. The molecule has 0 unspecified atom stereocenters. The number of pyridine rings is 1. The molecular formula is C14H21ClN2. The lowest BCUT2D eigenvalue weighted by molar-refractivity contribution is 0.148. The molecular weight excluding hydrogens is 232 g/mol. The third-order valence-electron chi connectivity index (χ3n) is 3.58. The summed E-state index contributed by atoms with van der Waals surface area (Å²) < 4.78 is 0. The highest BCUT2D eigenvalue weighted by Gasteiger charge is 2.24. The van der Waals surface area contributed by atoms with Gasteiger partial charge in [0.1, 0.15) is 5.15 Å². The summed E-state index contributed by atoms with van der Waals surface area (Å²) >= 11 is 5.93. The Morgan fingerprint density at radius 1 is 1.41 bits per heavy atom. The van der Waals surface area contributed by atoms with Gasteiger partial charge in [0.25, 0.3) is 0 Å². The molecule has 0 radical (unpaired) electrons. The molecule has 94 valence electrons. The van der Waals surface area contributed by atoms with E-state index in [0.29, 0.717) is 11.2 Å². The fourth-order valence-corrected chi connectivity index (χ4v) is 2.98. The molecule has 1 fully saturated rings. The van der Waals surface area contributed by atoms with Gasteiger partial charge in [-0.15, -0.1) is 0 Å². The van der Waals surface area contributed by atoms with E-state index in [1.807, 2.05) is 6.07 Å². The summed E-state index contributed by atoms with van der Waals surface area (Å²) in [5.41, 5.74) is 2.45. The third kappa shape index (κ3) is 2.99. The van der Waals surface area contributed by atoms with Crippen molar-refractivity contribution >= 4 is 11.6 Å². The van der Waals surface area contributed by atoms with Gasteiger partial charge in [0.15, 0.2) is 0 Å². The molecule has 1 aliphatic rings. The number of rotatable bonds is 3. The molecule has 2 nitrogen and oxygen atoms in total. The van der Waals surface area contributed by atoms with E-state index in [4.69, 9.17) is 11.6 Å². The number of piperidine rings is 1. The van der Waals surface area contributed by atoms with Crippen molar-refractivity contribution in [2.45, 2.75) is 45.6 Å². The third-order valence-corrected chi connectivity index (χ3v) is 3.79. The topological polar surface area (TPSA) is 16.1 Å². The molecule has 1 saturated heterocycles. The summed E-state index contributed by atoms with van der Waals surface area (Å²) in [6, 6.07) is 4.62. The minimum absolute atomic E-state index is 0.550. The highest BCUT2D eigenvalue weighted by atomic mass is 35.5. The molecule has 0 aliphatic carbocycles. The van der Waals surface area contributed by atoms with Crippen molar-refractivity contribution in [3.63, 3.8) is 0 Å². The first-order valence-corrected chi connectivity index (χ1v) is 6.97. The zero-order chi connectivity index (χ0) is 12.3. The van der Waals surface area contributed by atoms with Crippen LogP contribution in [0.1, 0.15) is 49.9 Å². The second kappa shape index (κ2) is 5.83. The van der Waals surface area contributed by atoms with Crippen molar-refractivity contribution in [3.05, 3.63) is 28.5 Å². The standard InChI is InChI=1S/C14H21ClN2/c1-3-9-17-10-5-4-6-13(17)12-7-8-14(15)16-11(12)2/h7-8,13H,3-6,9-10H2,1-2H3/t13-/m1/s1. The highest BCUT2D eigenvalue weighted by molar-refractivity contribution is 6.29. The number of aromatic nitrogens is 1. The maximum Gasteiger partial charge on any atom is 0.129 e. The molecule has 1 aromatic heterocycles. The van der Waals surface area contributed by atoms with Gasteiger partial charge in [-0.05, 0) is 50.9 Å². The van der Waals surface area contributed by atoms with Crippen molar-refractivity contribution in [1.82, 2.24) is 9.88 Å². The van der Waals surface area contributed by atoms with Gasteiger partial charge in [-0.1, -0.05) is 31.0 Å². The van der Waals surface area contributed by atoms with E-state index in [9.17, 15) is 0 Å². The van der Waals surface area contributed by atoms with Gasteiger partial charge in [0, 0.05) is 11.7 Å². The molecule has 0 aromatic carbocycles. The molecule has 17 heavy (non-hydrogen) atoms. The minimum Gasteiger partial charge on any atom is -0.296 e. The molecule has 1 atom stereocenters. The van der Waals surface area contributed by atoms with E-state index in [2.05, 4.69) is 29.8 Å². The lowest BCUT2D eigenvalue weighted by Crippen LogP contribution is -2.34. The van der Waals surface area contributed by atoms with Crippen LogP contribution in [0.4, 0.5) is 0 Å². The van der Waals surface area contributed by atoms with Crippen LogP contribution < -0.4 is 0 Å². The van der Waals surface area contributed by atoms with Crippen LogP contribution in [0.3, 0.4) is 0 Å².